The second-order valence-corrected chi connectivity index (χ2v) is 11.5. The molecule has 4 rings (SSSR count). The maximum atomic E-state index is 14.8. The van der Waals surface area contributed by atoms with Gasteiger partial charge in [0.2, 0.25) is 5.91 Å². The summed E-state index contributed by atoms with van der Waals surface area (Å²) in [5, 5.41) is 11.6. The molecule has 2 fully saturated rings. The zero-order valence-corrected chi connectivity index (χ0v) is 21.4. The number of hydrogen-bond donors (Lipinski definition) is 1. The molecule has 0 aromatic heterocycles. The lowest BCUT2D eigenvalue weighted by Gasteiger charge is -2.48. The monoisotopic (exact) mass is 506 g/mol. The highest BCUT2D eigenvalue weighted by Crippen LogP contribution is 2.44. The van der Waals surface area contributed by atoms with Crippen LogP contribution in [0.4, 0.5) is 17.6 Å². The molecule has 196 valence electrons. The van der Waals surface area contributed by atoms with E-state index in [1.807, 2.05) is 20.8 Å². The third-order valence-corrected chi connectivity index (χ3v) is 8.13. The molecule has 5 atom stereocenters. The molecule has 2 aliphatic heterocycles. The summed E-state index contributed by atoms with van der Waals surface area (Å²) >= 11 is 0. The molecular weight excluding hydrogens is 472 g/mol. The average molecular weight is 507 g/mol. The molecule has 2 aliphatic rings. The first-order valence-corrected chi connectivity index (χ1v) is 12.4. The molecule has 2 aromatic carbocycles. The minimum absolute atomic E-state index is 0.151. The quantitative estimate of drug-likeness (QED) is 0.592. The number of carbonyl (C=O) groups excluding carboxylic acids is 1. The average Bonchev–Trinajstić information content (AvgIpc) is 3.24. The normalized spacial score (nSPS) is 29.6. The molecule has 0 aliphatic carbocycles. The van der Waals surface area contributed by atoms with Gasteiger partial charge in [0.1, 0.15) is 11.6 Å². The van der Waals surface area contributed by atoms with Crippen LogP contribution in [0.1, 0.15) is 51.7 Å². The van der Waals surface area contributed by atoms with Crippen molar-refractivity contribution < 1.29 is 27.5 Å². The molecule has 1 amide bonds. The van der Waals surface area contributed by atoms with Gasteiger partial charge in [0.15, 0.2) is 11.6 Å². The Kier molecular flexibility index (Phi) is 6.99. The van der Waals surface area contributed by atoms with Gasteiger partial charge in [-0.15, -0.1) is 0 Å². The second kappa shape index (κ2) is 9.45. The lowest BCUT2D eigenvalue weighted by atomic mass is 9.70. The van der Waals surface area contributed by atoms with Crippen molar-refractivity contribution in [2.24, 2.45) is 17.8 Å². The van der Waals surface area contributed by atoms with Gasteiger partial charge >= 0.3 is 0 Å². The lowest BCUT2D eigenvalue weighted by Crippen LogP contribution is -2.57. The zero-order chi connectivity index (χ0) is 26.6. The molecule has 0 radical (unpaired) electrons. The Hall–Kier alpha value is -2.45. The van der Waals surface area contributed by atoms with E-state index in [-0.39, 0.29) is 30.1 Å². The molecular formula is C28H34F4N2O2. The van der Waals surface area contributed by atoms with Gasteiger partial charge in [-0.1, -0.05) is 26.0 Å². The van der Waals surface area contributed by atoms with Crippen LogP contribution in [0.15, 0.2) is 36.4 Å². The fourth-order valence-corrected chi connectivity index (χ4v) is 5.95. The topological polar surface area (TPSA) is 43.8 Å². The predicted molar refractivity (Wildman–Crippen MR) is 129 cm³/mol. The Morgan fingerprint density at radius 1 is 0.889 bits per heavy atom. The van der Waals surface area contributed by atoms with Gasteiger partial charge in [0, 0.05) is 55.5 Å². The fraction of sp³-hybridized carbons (Fsp3) is 0.536. The van der Waals surface area contributed by atoms with Gasteiger partial charge < -0.3 is 10.0 Å². The number of benzene rings is 2. The molecule has 1 N–H and O–H groups in total. The first-order valence-electron chi connectivity index (χ1n) is 12.4. The third-order valence-electron chi connectivity index (χ3n) is 8.13. The molecule has 0 saturated carbocycles. The van der Waals surface area contributed by atoms with E-state index >= 15 is 0 Å². The number of piperidine rings is 1. The van der Waals surface area contributed by atoms with Crippen molar-refractivity contribution in [2.45, 2.75) is 51.7 Å². The van der Waals surface area contributed by atoms with Gasteiger partial charge in [-0.3, -0.25) is 9.69 Å². The van der Waals surface area contributed by atoms with E-state index in [0.717, 1.165) is 18.2 Å². The van der Waals surface area contributed by atoms with Gasteiger partial charge in [-0.25, -0.2) is 17.6 Å². The van der Waals surface area contributed by atoms with E-state index in [2.05, 4.69) is 4.90 Å². The van der Waals surface area contributed by atoms with Crippen LogP contribution in [0.5, 0.6) is 0 Å². The van der Waals surface area contributed by atoms with Crippen LogP contribution < -0.4 is 0 Å². The maximum Gasteiger partial charge on any atom is 0.227 e. The van der Waals surface area contributed by atoms with E-state index in [0.29, 0.717) is 18.7 Å². The zero-order valence-electron chi connectivity index (χ0n) is 21.4. The molecule has 4 nitrogen and oxygen atoms in total. The molecule has 8 heteroatoms. The largest absolute Gasteiger partial charge is 0.384 e. The van der Waals surface area contributed by atoms with E-state index < -0.39 is 52.5 Å². The minimum Gasteiger partial charge on any atom is -0.384 e. The number of nitrogens with zero attached hydrogens (tertiary/aromatic N) is 2. The van der Waals surface area contributed by atoms with Crippen molar-refractivity contribution in [1.29, 1.82) is 0 Å². The first-order chi connectivity index (χ1) is 16.7. The van der Waals surface area contributed by atoms with E-state index in [1.165, 1.54) is 18.2 Å². The third kappa shape index (κ3) is 4.65. The van der Waals surface area contributed by atoms with Gasteiger partial charge in [0.05, 0.1) is 11.5 Å². The van der Waals surface area contributed by atoms with Crippen LogP contribution in [0, 0.1) is 41.0 Å². The van der Waals surface area contributed by atoms with E-state index in [1.54, 1.807) is 18.7 Å². The SMILES string of the molecule is C[C@@H]1CN(C(=O)[C@@H]2CN(C(C)(C)C)C[C@H]2c2ccc(F)cc2F)C[C@H](C)C1(O)c1ccc(F)c(F)c1. The summed E-state index contributed by atoms with van der Waals surface area (Å²) in [6.45, 7) is 11.0. The molecule has 0 bridgehead atoms. The summed E-state index contributed by atoms with van der Waals surface area (Å²) in [6.07, 6.45) is 0. The van der Waals surface area contributed by atoms with Crippen molar-refractivity contribution in [3.8, 4) is 0 Å². The highest BCUT2D eigenvalue weighted by Gasteiger charge is 2.50. The standard InChI is InChI=1S/C28H34F4N2O2/c1-16-12-33(13-17(2)28(16,36)18-6-9-23(30)25(32)10-18)26(35)22-15-34(27(3,4)5)14-21(22)20-8-7-19(29)11-24(20)31/h6-11,16-17,21-22,36H,12-15H2,1-5H3/t16-,17+,21-,22+,28?/m0/s1. The summed E-state index contributed by atoms with van der Waals surface area (Å²) in [5.41, 5.74) is -1.10. The van der Waals surface area contributed by atoms with Crippen LogP contribution in [0.3, 0.4) is 0 Å². The Morgan fingerprint density at radius 3 is 2.08 bits per heavy atom. The summed E-state index contributed by atoms with van der Waals surface area (Å²) < 4.78 is 55.9. The van der Waals surface area contributed by atoms with Crippen molar-refractivity contribution in [2.75, 3.05) is 26.2 Å². The Bertz CT molecular complexity index is 1140. The van der Waals surface area contributed by atoms with Gasteiger partial charge in [-0.05, 0) is 50.1 Å². The molecule has 2 saturated heterocycles. The molecule has 0 spiro atoms. The molecule has 2 aromatic rings. The Balaban J connectivity index is 1.61. The number of amides is 1. The van der Waals surface area contributed by atoms with Crippen LogP contribution >= 0.6 is 0 Å². The van der Waals surface area contributed by atoms with Crippen LogP contribution in [0.2, 0.25) is 0 Å². The van der Waals surface area contributed by atoms with Gasteiger partial charge in [0.25, 0.3) is 0 Å². The van der Waals surface area contributed by atoms with Crippen molar-refractivity contribution in [1.82, 2.24) is 9.80 Å². The number of rotatable bonds is 3. The van der Waals surface area contributed by atoms with Crippen LogP contribution in [-0.2, 0) is 10.4 Å². The Labute approximate surface area is 209 Å². The Morgan fingerprint density at radius 2 is 1.53 bits per heavy atom. The smallest absolute Gasteiger partial charge is 0.227 e. The lowest BCUT2D eigenvalue weighted by molar-refractivity contribution is -0.152. The van der Waals surface area contributed by atoms with Gasteiger partial charge in [-0.2, -0.15) is 0 Å². The van der Waals surface area contributed by atoms with Crippen molar-refractivity contribution in [3.05, 3.63) is 70.8 Å². The van der Waals surface area contributed by atoms with Crippen LogP contribution in [-0.4, -0.2) is 52.5 Å². The molecule has 1 unspecified atom stereocenters. The summed E-state index contributed by atoms with van der Waals surface area (Å²) in [7, 11) is 0. The number of halogens is 4. The summed E-state index contributed by atoms with van der Waals surface area (Å²) in [6, 6.07) is 6.89. The number of aliphatic hydroxyl groups is 1. The fourth-order valence-electron chi connectivity index (χ4n) is 5.95. The number of carbonyl (C=O) groups is 1. The highest BCUT2D eigenvalue weighted by molar-refractivity contribution is 5.81. The van der Waals surface area contributed by atoms with Crippen molar-refractivity contribution in [3.63, 3.8) is 0 Å². The summed E-state index contributed by atoms with van der Waals surface area (Å²) in [4.78, 5) is 17.7. The van der Waals surface area contributed by atoms with Crippen molar-refractivity contribution >= 4 is 5.91 Å². The number of hydrogen-bond acceptors (Lipinski definition) is 3. The highest BCUT2D eigenvalue weighted by atomic mass is 19.2. The predicted octanol–water partition coefficient (Wildman–Crippen LogP) is 5.06. The van der Waals surface area contributed by atoms with Crippen LogP contribution in [0.25, 0.3) is 0 Å². The first kappa shape index (κ1) is 26.6. The summed E-state index contributed by atoms with van der Waals surface area (Å²) in [5.74, 6) is -5.42. The minimum atomic E-state index is -1.44. The second-order valence-electron chi connectivity index (χ2n) is 11.5. The number of likely N-dealkylation sites (tertiary alicyclic amines) is 2. The molecule has 36 heavy (non-hydrogen) atoms. The molecule has 2 heterocycles. The van der Waals surface area contributed by atoms with E-state index in [4.69, 9.17) is 0 Å². The maximum absolute atomic E-state index is 14.8. The van der Waals surface area contributed by atoms with E-state index in [9.17, 15) is 27.5 Å².